The molecule has 0 fully saturated rings. The van der Waals surface area contributed by atoms with Crippen molar-refractivity contribution in [1.29, 1.82) is 0 Å². The third-order valence-electron chi connectivity index (χ3n) is 2.43. The summed E-state index contributed by atoms with van der Waals surface area (Å²) in [6.45, 7) is 0.840. The van der Waals surface area contributed by atoms with Gasteiger partial charge in [0.2, 0.25) is 0 Å². The zero-order valence-corrected chi connectivity index (χ0v) is 11.4. The zero-order chi connectivity index (χ0) is 13.0. The van der Waals surface area contributed by atoms with Gasteiger partial charge in [-0.1, -0.05) is 35.3 Å². The smallest absolute Gasteiger partial charge is 0.129 e. The van der Waals surface area contributed by atoms with Gasteiger partial charge in [-0.05, 0) is 36.9 Å². The molecule has 0 saturated heterocycles. The highest BCUT2D eigenvalue weighted by Crippen LogP contribution is 2.29. The second-order valence-electron chi connectivity index (χ2n) is 3.85. The first-order valence-corrected chi connectivity index (χ1v) is 6.31. The summed E-state index contributed by atoms with van der Waals surface area (Å²) in [6, 6.07) is 13.1. The standard InChI is InChI=1S/C14H13Cl2NO/c1-17-9-10-2-4-11(5-3-10)18-12-6-7-13(15)14(16)8-12/h2-8,17H,9H2,1H3. The van der Waals surface area contributed by atoms with E-state index in [1.807, 2.05) is 31.3 Å². The Hall–Kier alpha value is -1.22. The third-order valence-corrected chi connectivity index (χ3v) is 3.17. The first kappa shape index (κ1) is 13.2. The maximum atomic E-state index is 5.93. The van der Waals surface area contributed by atoms with Crippen molar-refractivity contribution in [2.45, 2.75) is 6.54 Å². The Labute approximate surface area is 116 Å². The molecule has 0 amide bonds. The molecule has 18 heavy (non-hydrogen) atoms. The quantitative estimate of drug-likeness (QED) is 0.891. The van der Waals surface area contributed by atoms with Crippen LogP contribution in [0.1, 0.15) is 5.56 Å². The molecule has 0 heterocycles. The van der Waals surface area contributed by atoms with Crippen molar-refractivity contribution in [1.82, 2.24) is 5.32 Å². The zero-order valence-electron chi connectivity index (χ0n) is 9.91. The van der Waals surface area contributed by atoms with E-state index in [0.29, 0.717) is 15.8 Å². The van der Waals surface area contributed by atoms with Crippen LogP contribution in [0.2, 0.25) is 10.0 Å². The van der Waals surface area contributed by atoms with Crippen molar-refractivity contribution in [3.8, 4) is 11.5 Å². The fraction of sp³-hybridized carbons (Fsp3) is 0.143. The molecule has 0 aromatic heterocycles. The van der Waals surface area contributed by atoms with Gasteiger partial charge in [0.1, 0.15) is 11.5 Å². The Balaban J connectivity index is 2.10. The minimum absolute atomic E-state index is 0.487. The summed E-state index contributed by atoms with van der Waals surface area (Å²) in [6.07, 6.45) is 0. The number of ether oxygens (including phenoxy) is 1. The van der Waals surface area contributed by atoms with Crippen LogP contribution in [-0.2, 0) is 6.54 Å². The Morgan fingerprint density at radius 3 is 2.22 bits per heavy atom. The highest BCUT2D eigenvalue weighted by atomic mass is 35.5. The van der Waals surface area contributed by atoms with Crippen LogP contribution >= 0.6 is 23.2 Å². The molecular weight excluding hydrogens is 269 g/mol. The van der Waals surface area contributed by atoms with Crippen LogP contribution in [0.3, 0.4) is 0 Å². The van der Waals surface area contributed by atoms with Gasteiger partial charge in [-0.3, -0.25) is 0 Å². The van der Waals surface area contributed by atoms with Crippen LogP contribution in [0.4, 0.5) is 0 Å². The molecule has 0 unspecified atom stereocenters. The molecule has 2 aromatic rings. The van der Waals surface area contributed by atoms with E-state index in [9.17, 15) is 0 Å². The third kappa shape index (κ3) is 3.39. The topological polar surface area (TPSA) is 21.3 Å². The number of rotatable bonds is 4. The van der Waals surface area contributed by atoms with E-state index in [-0.39, 0.29) is 0 Å². The van der Waals surface area contributed by atoms with Crippen molar-refractivity contribution in [3.05, 3.63) is 58.1 Å². The fourth-order valence-electron chi connectivity index (χ4n) is 1.56. The molecule has 0 radical (unpaired) electrons. The van der Waals surface area contributed by atoms with Gasteiger partial charge in [-0.25, -0.2) is 0 Å². The molecule has 0 aliphatic heterocycles. The minimum atomic E-state index is 0.487. The van der Waals surface area contributed by atoms with Crippen LogP contribution in [0.15, 0.2) is 42.5 Å². The summed E-state index contributed by atoms with van der Waals surface area (Å²) in [5, 5.41) is 4.10. The lowest BCUT2D eigenvalue weighted by Gasteiger charge is -2.07. The van der Waals surface area contributed by atoms with Gasteiger partial charge in [0.25, 0.3) is 0 Å². The van der Waals surface area contributed by atoms with Crippen molar-refractivity contribution in [2.75, 3.05) is 7.05 Å². The summed E-state index contributed by atoms with van der Waals surface area (Å²) in [5.74, 6) is 1.44. The molecule has 1 N–H and O–H groups in total. The van der Waals surface area contributed by atoms with E-state index < -0.39 is 0 Å². The van der Waals surface area contributed by atoms with Gasteiger partial charge >= 0.3 is 0 Å². The number of hydrogen-bond acceptors (Lipinski definition) is 2. The first-order chi connectivity index (χ1) is 8.69. The molecule has 0 bridgehead atoms. The Morgan fingerprint density at radius 1 is 0.944 bits per heavy atom. The number of hydrogen-bond donors (Lipinski definition) is 1. The second-order valence-corrected chi connectivity index (χ2v) is 4.67. The van der Waals surface area contributed by atoms with Gasteiger partial charge < -0.3 is 10.1 Å². The molecule has 0 saturated carbocycles. The van der Waals surface area contributed by atoms with Gasteiger partial charge in [-0.15, -0.1) is 0 Å². The van der Waals surface area contributed by atoms with Crippen LogP contribution < -0.4 is 10.1 Å². The summed E-state index contributed by atoms with van der Waals surface area (Å²) < 4.78 is 5.68. The molecular formula is C14H13Cl2NO. The molecule has 0 aliphatic carbocycles. The van der Waals surface area contributed by atoms with Crippen molar-refractivity contribution < 1.29 is 4.74 Å². The van der Waals surface area contributed by atoms with Crippen molar-refractivity contribution in [3.63, 3.8) is 0 Å². The monoisotopic (exact) mass is 281 g/mol. The van der Waals surface area contributed by atoms with Gasteiger partial charge in [0.05, 0.1) is 10.0 Å². The molecule has 2 aromatic carbocycles. The highest BCUT2D eigenvalue weighted by molar-refractivity contribution is 6.42. The summed E-state index contributed by atoms with van der Waals surface area (Å²) >= 11 is 11.8. The van der Waals surface area contributed by atoms with E-state index >= 15 is 0 Å². The molecule has 94 valence electrons. The lowest BCUT2D eigenvalue weighted by Crippen LogP contribution is -2.04. The molecule has 4 heteroatoms. The van der Waals surface area contributed by atoms with E-state index in [1.165, 1.54) is 5.56 Å². The van der Waals surface area contributed by atoms with Gasteiger partial charge in [0.15, 0.2) is 0 Å². The van der Waals surface area contributed by atoms with E-state index in [1.54, 1.807) is 18.2 Å². The highest BCUT2D eigenvalue weighted by Gasteiger charge is 2.02. The van der Waals surface area contributed by atoms with Crippen LogP contribution in [0.25, 0.3) is 0 Å². The maximum absolute atomic E-state index is 5.93. The SMILES string of the molecule is CNCc1ccc(Oc2ccc(Cl)c(Cl)c2)cc1. The van der Waals surface area contributed by atoms with E-state index in [4.69, 9.17) is 27.9 Å². The van der Waals surface area contributed by atoms with Crippen molar-refractivity contribution >= 4 is 23.2 Å². The van der Waals surface area contributed by atoms with Crippen LogP contribution in [-0.4, -0.2) is 7.05 Å². The second kappa shape index (κ2) is 6.10. The molecule has 2 rings (SSSR count). The van der Waals surface area contributed by atoms with Gasteiger partial charge in [0, 0.05) is 12.6 Å². The average molecular weight is 282 g/mol. The molecule has 2 nitrogen and oxygen atoms in total. The van der Waals surface area contributed by atoms with Gasteiger partial charge in [-0.2, -0.15) is 0 Å². The predicted molar refractivity (Wildman–Crippen MR) is 75.7 cm³/mol. The van der Waals surface area contributed by atoms with Crippen molar-refractivity contribution in [2.24, 2.45) is 0 Å². The van der Waals surface area contributed by atoms with Crippen LogP contribution in [0.5, 0.6) is 11.5 Å². The largest absolute Gasteiger partial charge is 0.457 e. The molecule has 0 aliphatic rings. The van der Waals surface area contributed by atoms with E-state index in [2.05, 4.69) is 5.32 Å². The van der Waals surface area contributed by atoms with E-state index in [0.717, 1.165) is 12.3 Å². The Bertz CT molecular complexity index is 526. The maximum Gasteiger partial charge on any atom is 0.129 e. The lowest BCUT2D eigenvalue weighted by atomic mass is 10.2. The summed E-state index contributed by atoms with van der Waals surface area (Å²) in [5.41, 5.74) is 1.21. The Morgan fingerprint density at radius 2 is 1.61 bits per heavy atom. The number of nitrogens with one attached hydrogen (secondary N) is 1. The first-order valence-electron chi connectivity index (χ1n) is 5.55. The lowest BCUT2D eigenvalue weighted by molar-refractivity contribution is 0.482. The van der Waals surface area contributed by atoms with Crippen LogP contribution in [0, 0.1) is 0 Å². The minimum Gasteiger partial charge on any atom is -0.457 e. The fourth-order valence-corrected chi connectivity index (χ4v) is 1.84. The molecule has 0 spiro atoms. The normalized spacial score (nSPS) is 10.4. The molecule has 0 atom stereocenters. The Kier molecular flexibility index (Phi) is 4.48. The number of halogens is 2. The number of benzene rings is 2. The summed E-state index contributed by atoms with van der Waals surface area (Å²) in [4.78, 5) is 0. The average Bonchev–Trinajstić information content (AvgIpc) is 2.37. The summed E-state index contributed by atoms with van der Waals surface area (Å²) in [7, 11) is 1.92. The predicted octanol–water partition coefficient (Wildman–Crippen LogP) is 4.51.